The lowest BCUT2D eigenvalue weighted by Gasteiger charge is -2.13. The van der Waals surface area contributed by atoms with Crippen molar-refractivity contribution in [2.75, 3.05) is 0 Å². The molecule has 0 radical (unpaired) electrons. The van der Waals surface area contributed by atoms with Crippen molar-refractivity contribution < 1.29 is 0 Å². The summed E-state index contributed by atoms with van der Waals surface area (Å²) in [4.78, 5) is 0. The number of halogens is 1. The van der Waals surface area contributed by atoms with Gasteiger partial charge in [0.15, 0.2) is 0 Å². The molecule has 0 unspecified atom stereocenters. The van der Waals surface area contributed by atoms with Crippen LogP contribution in [0.2, 0.25) is 5.02 Å². The van der Waals surface area contributed by atoms with Crippen LogP contribution in [0.3, 0.4) is 0 Å². The summed E-state index contributed by atoms with van der Waals surface area (Å²) in [5.41, 5.74) is 4.11. The van der Waals surface area contributed by atoms with Gasteiger partial charge >= 0.3 is 0 Å². The third kappa shape index (κ3) is 2.10. The Kier molecular flexibility index (Phi) is 2.99. The predicted molar refractivity (Wildman–Crippen MR) is 78.0 cm³/mol. The molecule has 0 saturated heterocycles. The lowest BCUT2D eigenvalue weighted by Crippen LogP contribution is -2.03. The van der Waals surface area contributed by atoms with Gasteiger partial charge in [-0.25, -0.2) is 4.68 Å². The van der Waals surface area contributed by atoms with E-state index >= 15 is 0 Å². The van der Waals surface area contributed by atoms with Crippen LogP contribution in [0.5, 0.6) is 0 Å². The number of para-hydroxylation sites is 1. The molecule has 3 rings (SSSR count). The van der Waals surface area contributed by atoms with Gasteiger partial charge in [0.05, 0.1) is 11.2 Å². The Bertz CT molecular complexity index is 731. The second kappa shape index (κ2) is 4.67. The fraction of sp³-hybridized carbons (Fsp3) is 0.200. The number of benzene rings is 2. The Hall–Kier alpha value is -1.87. The minimum Gasteiger partial charge on any atom is -0.213 e. The Labute approximate surface area is 116 Å². The van der Waals surface area contributed by atoms with Crippen LogP contribution in [0, 0.1) is 0 Å². The molecule has 3 aromatic rings. The number of fused-ring (bicyclic) bond motifs is 1. The summed E-state index contributed by atoms with van der Waals surface area (Å²) in [6.07, 6.45) is 0. The molecule has 0 fully saturated rings. The van der Waals surface area contributed by atoms with Crippen molar-refractivity contribution >= 4 is 22.6 Å². The number of hydrogen-bond acceptors (Lipinski definition) is 2. The summed E-state index contributed by atoms with van der Waals surface area (Å²) in [7, 11) is 0. The minimum absolute atomic E-state index is 0.372. The molecule has 0 bridgehead atoms. The molecular weight excluding hydrogens is 258 g/mol. The smallest absolute Gasteiger partial charge is 0.113 e. The Morgan fingerprint density at radius 1 is 1.11 bits per heavy atom. The lowest BCUT2D eigenvalue weighted by molar-refractivity contribution is 0.785. The largest absolute Gasteiger partial charge is 0.213 e. The van der Waals surface area contributed by atoms with Crippen LogP contribution in [-0.4, -0.2) is 15.0 Å². The molecule has 2 aromatic carbocycles. The first kappa shape index (κ1) is 12.2. The van der Waals surface area contributed by atoms with Crippen molar-refractivity contribution in [2.24, 2.45) is 0 Å². The van der Waals surface area contributed by atoms with Crippen molar-refractivity contribution in [3.8, 4) is 5.69 Å². The van der Waals surface area contributed by atoms with Crippen molar-refractivity contribution in [1.82, 2.24) is 15.0 Å². The summed E-state index contributed by atoms with van der Waals surface area (Å²) in [5.74, 6) is 0.372. The molecule has 1 aromatic heterocycles. The molecule has 0 aliphatic rings. The first-order chi connectivity index (χ1) is 9.16. The standard InChI is InChI=1S/C15H14ClN3/c1-10(2)12-9-11(16)7-8-14(12)19-15-6-4-3-5-13(15)17-18-19/h3-10H,1-2H3. The van der Waals surface area contributed by atoms with E-state index in [4.69, 9.17) is 11.6 Å². The fourth-order valence-corrected chi connectivity index (χ4v) is 2.41. The quantitative estimate of drug-likeness (QED) is 0.699. The summed E-state index contributed by atoms with van der Waals surface area (Å²) < 4.78 is 1.88. The van der Waals surface area contributed by atoms with Gasteiger partial charge in [-0.2, -0.15) is 0 Å². The van der Waals surface area contributed by atoms with E-state index in [-0.39, 0.29) is 0 Å². The maximum atomic E-state index is 6.10. The molecule has 96 valence electrons. The highest BCUT2D eigenvalue weighted by Gasteiger charge is 2.12. The van der Waals surface area contributed by atoms with Gasteiger partial charge in [-0.05, 0) is 41.8 Å². The van der Waals surface area contributed by atoms with E-state index in [1.165, 1.54) is 5.56 Å². The third-order valence-corrected chi connectivity index (χ3v) is 3.43. The molecule has 19 heavy (non-hydrogen) atoms. The van der Waals surface area contributed by atoms with Gasteiger partial charge in [0.25, 0.3) is 0 Å². The molecule has 1 heterocycles. The van der Waals surface area contributed by atoms with E-state index in [1.807, 2.05) is 47.1 Å². The second-order valence-corrected chi connectivity index (χ2v) is 5.28. The minimum atomic E-state index is 0.372. The highest BCUT2D eigenvalue weighted by Crippen LogP contribution is 2.27. The van der Waals surface area contributed by atoms with E-state index in [1.54, 1.807) is 0 Å². The van der Waals surface area contributed by atoms with Gasteiger partial charge in [0.1, 0.15) is 5.52 Å². The maximum Gasteiger partial charge on any atom is 0.113 e. The monoisotopic (exact) mass is 271 g/mol. The molecule has 0 N–H and O–H groups in total. The topological polar surface area (TPSA) is 30.7 Å². The molecular formula is C15H14ClN3. The molecule has 0 aliphatic carbocycles. The molecule has 0 atom stereocenters. The van der Waals surface area contributed by atoms with Crippen LogP contribution < -0.4 is 0 Å². The van der Waals surface area contributed by atoms with Gasteiger partial charge < -0.3 is 0 Å². The Morgan fingerprint density at radius 2 is 1.89 bits per heavy atom. The van der Waals surface area contributed by atoms with E-state index in [9.17, 15) is 0 Å². The molecule has 0 saturated carbocycles. The average Bonchev–Trinajstić information content (AvgIpc) is 2.82. The zero-order valence-electron chi connectivity index (χ0n) is 10.8. The van der Waals surface area contributed by atoms with E-state index in [0.29, 0.717) is 5.92 Å². The van der Waals surface area contributed by atoms with Crippen LogP contribution in [-0.2, 0) is 0 Å². The van der Waals surface area contributed by atoms with Crippen molar-refractivity contribution in [2.45, 2.75) is 19.8 Å². The number of rotatable bonds is 2. The summed E-state index contributed by atoms with van der Waals surface area (Å²) >= 11 is 6.10. The summed E-state index contributed by atoms with van der Waals surface area (Å²) in [6, 6.07) is 13.8. The fourth-order valence-electron chi connectivity index (χ4n) is 2.23. The van der Waals surface area contributed by atoms with Gasteiger partial charge in [-0.3, -0.25) is 0 Å². The molecule has 3 nitrogen and oxygen atoms in total. The van der Waals surface area contributed by atoms with Crippen LogP contribution in [0.1, 0.15) is 25.3 Å². The van der Waals surface area contributed by atoms with Gasteiger partial charge in [0.2, 0.25) is 0 Å². The Balaban J connectivity index is 2.27. The summed E-state index contributed by atoms with van der Waals surface area (Å²) in [6.45, 7) is 4.29. The van der Waals surface area contributed by atoms with E-state index < -0.39 is 0 Å². The first-order valence-corrected chi connectivity index (χ1v) is 6.65. The molecule has 0 spiro atoms. The maximum absolute atomic E-state index is 6.10. The van der Waals surface area contributed by atoms with Gasteiger partial charge in [-0.1, -0.05) is 42.8 Å². The van der Waals surface area contributed by atoms with Crippen LogP contribution in [0.15, 0.2) is 42.5 Å². The van der Waals surface area contributed by atoms with Gasteiger partial charge in [0, 0.05) is 5.02 Å². The highest BCUT2D eigenvalue weighted by molar-refractivity contribution is 6.30. The van der Waals surface area contributed by atoms with Crippen molar-refractivity contribution in [1.29, 1.82) is 0 Å². The van der Waals surface area contributed by atoms with E-state index in [2.05, 4.69) is 24.2 Å². The number of nitrogens with zero attached hydrogens (tertiary/aromatic N) is 3. The number of aromatic nitrogens is 3. The summed E-state index contributed by atoms with van der Waals surface area (Å²) in [5, 5.41) is 9.21. The van der Waals surface area contributed by atoms with Crippen molar-refractivity contribution in [3.63, 3.8) is 0 Å². The highest BCUT2D eigenvalue weighted by atomic mass is 35.5. The first-order valence-electron chi connectivity index (χ1n) is 6.27. The van der Waals surface area contributed by atoms with E-state index in [0.717, 1.165) is 21.7 Å². The average molecular weight is 272 g/mol. The van der Waals surface area contributed by atoms with Crippen LogP contribution in [0.25, 0.3) is 16.7 Å². The number of hydrogen-bond donors (Lipinski definition) is 0. The SMILES string of the molecule is CC(C)c1cc(Cl)ccc1-n1nnc2ccccc21. The normalized spacial score (nSPS) is 11.4. The predicted octanol–water partition coefficient (Wildman–Crippen LogP) is 4.20. The Morgan fingerprint density at radius 3 is 2.68 bits per heavy atom. The lowest BCUT2D eigenvalue weighted by atomic mass is 10.0. The zero-order valence-corrected chi connectivity index (χ0v) is 11.6. The molecule has 0 aliphatic heterocycles. The van der Waals surface area contributed by atoms with Crippen LogP contribution in [0.4, 0.5) is 0 Å². The van der Waals surface area contributed by atoms with Gasteiger partial charge in [-0.15, -0.1) is 5.10 Å². The third-order valence-electron chi connectivity index (χ3n) is 3.19. The second-order valence-electron chi connectivity index (χ2n) is 4.85. The van der Waals surface area contributed by atoms with Crippen molar-refractivity contribution in [3.05, 3.63) is 53.1 Å². The molecule has 0 amide bonds. The molecule has 4 heteroatoms. The van der Waals surface area contributed by atoms with Crippen LogP contribution >= 0.6 is 11.6 Å². The zero-order chi connectivity index (χ0) is 13.4.